The lowest BCUT2D eigenvalue weighted by Crippen LogP contribution is -2.42. The third kappa shape index (κ3) is 4.38. The number of anilines is 2. The van der Waals surface area contributed by atoms with Crippen LogP contribution >= 0.6 is 0 Å². The van der Waals surface area contributed by atoms with Crippen LogP contribution in [0.15, 0.2) is 55.0 Å². The third-order valence-corrected chi connectivity index (χ3v) is 6.12. The summed E-state index contributed by atoms with van der Waals surface area (Å²) in [5.41, 5.74) is 9.38. The SMILES string of the molecule is N#Cc1cnc(N[C@@H]2CCC[C@H](NC(=O)c3ccc(N)cn3)C2)nc1-c1c[nH]c2ccccc12. The summed E-state index contributed by atoms with van der Waals surface area (Å²) < 4.78 is 0. The molecule has 2 atom stereocenters. The molecule has 1 aliphatic rings. The number of nitrogen functional groups attached to an aromatic ring is 1. The van der Waals surface area contributed by atoms with Crippen LogP contribution in [0.3, 0.4) is 0 Å². The van der Waals surface area contributed by atoms with Gasteiger partial charge in [0.25, 0.3) is 5.91 Å². The number of aromatic nitrogens is 4. The van der Waals surface area contributed by atoms with Gasteiger partial charge in [-0.25, -0.2) is 15.0 Å². The first-order chi connectivity index (χ1) is 16.6. The van der Waals surface area contributed by atoms with Gasteiger partial charge in [-0.2, -0.15) is 5.26 Å². The largest absolute Gasteiger partial charge is 0.397 e. The maximum absolute atomic E-state index is 12.5. The number of benzene rings is 1. The molecule has 0 aliphatic heterocycles. The zero-order chi connectivity index (χ0) is 23.5. The van der Waals surface area contributed by atoms with Crippen LogP contribution in [0.4, 0.5) is 11.6 Å². The second-order valence-corrected chi connectivity index (χ2v) is 8.47. The second-order valence-electron chi connectivity index (χ2n) is 8.47. The third-order valence-electron chi connectivity index (χ3n) is 6.12. The number of amides is 1. The molecule has 0 radical (unpaired) electrons. The summed E-state index contributed by atoms with van der Waals surface area (Å²) in [6.07, 6.45) is 8.45. The molecule has 1 amide bonds. The Hall–Kier alpha value is -4.45. The van der Waals surface area contributed by atoms with E-state index in [0.29, 0.717) is 28.6 Å². The van der Waals surface area contributed by atoms with Gasteiger partial charge in [0.1, 0.15) is 11.8 Å². The smallest absolute Gasteiger partial charge is 0.270 e. The van der Waals surface area contributed by atoms with Gasteiger partial charge in [-0.05, 0) is 43.9 Å². The van der Waals surface area contributed by atoms with Gasteiger partial charge < -0.3 is 21.4 Å². The highest BCUT2D eigenvalue weighted by Gasteiger charge is 2.25. The van der Waals surface area contributed by atoms with Crippen molar-refractivity contribution >= 4 is 28.4 Å². The number of nitriles is 1. The van der Waals surface area contributed by atoms with E-state index in [4.69, 9.17) is 10.7 Å². The fourth-order valence-electron chi connectivity index (χ4n) is 4.44. The van der Waals surface area contributed by atoms with Crippen LogP contribution in [0.5, 0.6) is 0 Å². The number of carbonyl (C=O) groups is 1. The van der Waals surface area contributed by atoms with E-state index in [-0.39, 0.29) is 18.0 Å². The highest BCUT2D eigenvalue weighted by atomic mass is 16.1. The van der Waals surface area contributed by atoms with Crippen molar-refractivity contribution in [1.82, 2.24) is 25.3 Å². The number of hydrogen-bond donors (Lipinski definition) is 4. The summed E-state index contributed by atoms with van der Waals surface area (Å²) >= 11 is 0. The van der Waals surface area contributed by atoms with Gasteiger partial charge in [-0.3, -0.25) is 4.79 Å². The van der Waals surface area contributed by atoms with Gasteiger partial charge in [0.15, 0.2) is 0 Å². The quantitative estimate of drug-likeness (QED) is 0.362. The van der Waals surface area contributed by atoms with Crippen molar-refractivity contribution in [2.45, 2.75) is 37.8 Å². The highest BCUT2D eigenvalue weighted by molar-refractivity contribution is 5.95. The standard InChI is InChI=1S/C25H24N8O/c26-11-15-12-30-25(33-23(15)20-14-29-21-7-2-1-6-19(20)21)32-18-5-3-4-17(10-18)31-24(34)22-9-8-16(27)13-28-22/h1-2,6-9,12-14,17-18,29H,3-5,10,27H2,(H,31,34)(H,30,32,33)/t17-,18+/m0/s1. The monoisotopic (exact) mass is 452 g/mol. The maximum Gasteiger partial charge on any atom is 0.270 e. The molecule has 0 spiro atoms. The predicted molar refractivity (Wildman–Crippen MR) is 130 cm³/mol. The van der Waals surface area contributed by atoms with Crippen molar-refractivity contribution in [3.05, 3.63) is 66.2 Å². The number of rotatable bonds is 5. The molecule has 9 heteroatoms. The molecule has 0 bridgehead atoms. The van der Waals surface area contributed by atoms with Crippen LogP contribution in [-0.2, 0) is 0 Å². The Bertz CT molecular complexity index is 1370. The molecular formula is C25H24N8O. The number of para-hydroxylation sites is 1. The van der Waals surface area contributed by atoms with Crippen LogP contribution < -0.4 is 16.4 Å². The number of hydrogen-bond acceptors (Lipinski definition) is 7. The molecule has 1 saturated carbocycles. The molecule has 34 heavy (non-hydrogen) atoms. The van der Waals surface area contributed by atoms with Gasteiger partial charge >= 0.3 is 0 Å². The lowest BCUT2D eigenvalue weighted by atomic mass is 9.91. The average Bonchev–Trinajstić information content (AvgIpc) is 3.29. The van der Waals surface area contributed by atoms with E-state index in [1.165, 1.54) is 6.20 Å². The minimum atomic E-state index is -0.207. The van der Waals surface area contributed by atoms with Gasteiger partial charge in [0.05, 0.1) is 29.3 Å². The second kappa shape index (κ2) is 9.19. The molecule has 1 fully saturated rings. The molecule has 5 N–H and O–H groups in total. The number of aromatic amines is 1. The van der Waals surface area contributed by atoms with Crippen LogP contribution in [-0.4, -0.2) is 37.9 Å². The van der Waals surface area contributed by atoms with Gasteiger partial charge in [0.2, 0.25) is 5.95 Å². The number of pyridine rings is 1. The molecular weight excluding hydrogens is 428 g/mol. The number of H-pyrrole nitrogens is 1. The van der Waals surface area contributed by atoms with Crippen molar-refractivity contribution in [2.24, 2.45) is 0 Å². The topological polar surface area (TPSA) is 145 Å². The molecule has 3 heterocycles. The van der Waals surface area contributed by atoms with E-state index >= 15 is 0 Å². The van der Waals surface area contributed by atoms with Crippen LogP contribution in [0.1, 0.15) is 41.7 Å². The van der Waals surface area contributed by atoms with Crippen molar-refractivity contribution in [3.63, 3.8) is 0 Å². The Kier molecular flexibility index (Phi) is 5.79. The summed E-state index contributed by atoms with van der Waals surface area (Å²) in [6.45, 7) is 0. The van der Waals surface area contributed by atoms with Crippen molar-refractivity contribution in [1.29, 1.82) is 5.26 Å². The minimum absolute atomic E-state index is 0.0181. The first kappa shape index (κ1) is 21.4. The number of nitrogens with zero attached hydrogens (tertiary/aromatic N) is 4. The predicted octanol–water partition coefficient (Wildman–Crippen LogP) is 3.63. The fourth-order valence-corrected chi connectivity index (χ4v) is 4.44. The molecule has 5 rings (SSSR count). The zero-order valence-electron chi connectivity index (χ0n) is 18.5. The molecule has 170 valence electrons. The molecule has 4 aromatic rings. The zero-order valence-corrected chi connectivity index (χ0v) is 18.5. The number of carbonyl (C=O) groups excluding carboxylic acids is 1. The van der Waals surface area contributed by atoms with E-state index in [0.717, 1.165) is 42.1 Å². The van der Waals surface area contributed by atoms with E-state index in [1.54, 1.807) is 18.3 Å². The van der Waals surface area contributed by atoms with Crippen LogP contribution in [0.2, 0.25) is 0 Å². The summed E-state index contributed by atoms with van der Waals surface area (Å²) in [5, 5.41) is 17.1. The van der Waals surface area contributed by atoms with Gasteiger partial charge in [0, 0.05) is 34.7 Å². The summed E-state index contributed by atoms with van der Waals surface area (Å²) in [7, 11) is 0. The lowest BCUT2D eigenvalue weighted by Gasteiger charge is -2.30. The molecule has 9 nitrogen and oxygen atoms in total. The Morgan fingerprint density at radius 3 is 2.79 bits per heavy atom. The molecule has 0 unspecified atom stereocenters. The summed E-state index contributed by atoms with van der Waals surface area (Å²) in [5.74, 6) is 0.262. The Morgan fingerprint density at radius 1 is 1.12 bits per heavy atom. The average molecular weight is 453 g/mol. The number of nitrogens with one attached hydrogen (secondary N) is 3. The van der Waals surface area contributed by atoms with Gasteiger partial charge in [-0.15, -0.1) is 0 Å². The fraction of sp³-hybridized carbons (Fsp3) is 0.240. The van der Waals surface area contributed by atoms with Crippen molar-refractivity contribution in [3.8, 4) is 17.3 Å². The molecule has 3 aromatic heterocycles. The Labute approximate surface area is 196 Å². The summed E-state index contributed by atoms with van der Waals surface area (Å²) in [4.78, 5) is 29.0. The molecule has 1 aromatic carbocycles. The van der Waals surface area contributed by atoms with E-state index in [2.05, 4.69) is 31.7 Å². The maximum atomic E-state index is 12.5. The van der Waals surface area contributed by atoms with E-state index in [1.807, 2.05) is 30.5 Å². The van der Waals surface area contributed by atoms with Crippen LogP contribution in [0.25, 0.3) is 22.2 Å². The molecule has 1 aliphatic carbocycles. The molecule has 0 saturated heterocycles. The van der Waals surface area contributed by atoms with Crippen LogP contribution in [0, 0.1) is 11.3 Å². The number of nitrogens with two attached hydrogens (primary N) is 1. The first-order valence-electron chi connectivity index (χ1n) is 11.2. The van der Waals surface area contributed by atoms with Gasteiger partial charge in [-0.1, -0.05) is 18.2 Å². The Balaban J connectivity index is 1.31. The Morgan fingerprint density at radius 2 is 1.97 bits per heavy atom. The minimum Gasteiger partial charge on any atom is -0.397 e. The lowest BCUT2D eigenvalue weighted by molar-refractivity contribution is 0.0921. The van der Waals surface area contributed by atoms with E-state index in [9.17, 15) is 10.1 Å². The van der Waals surface area contributed by atoms with Crippen molar-refractivity contribution in [2.75, 3.05) is 11.1 Å². The highest BCUT2D eigenvalue weighted by Crippen LogP contribution is 2.30. The number of fused-ring (bicyclic) bond motifs is 1. The normalized spacial score (nSPS) is 17.7. The van der Waals surface area contributed by atoms with E-state index < -0.39 is 0 Å². The van der Waals surface area contributed by atoms with Crippen molar-refractivity contribution < 1.29 is 4.79 Å². The first-order valence-corrected chi connectivity index (χ1v) is 11.2. The summed E-state index contributed by atoms with van der Waals surface area (Å²) in [6, 6.07) is 13.5.